The van der Waals surface area contributed by atoms with Crippen molar-refractivity contribution in [2.75, 3.05) is 19.6 Å². The zero-order chi connectivity index (χ0) is 29.1. The maximum absolute atomic E-state index is 13.1. The molecule has 40 heavy (non-hydrogen) atoms. The topological polar surface area (TPSA) is 238 Å². The molecule has 0 spiro atoms. The van der Waals surface area contributed by atoms with E-state index in [0.717, 1.165) is 0 Å². The van der Waals surface area contributed by atoms with Gasteiger partial charge in [0.15, 0.2) is 11.5 Å². The highest BCUT2D eigenvalue weighted by Gasteiger charge is 2.28. The standard InChI is InChI=1S/C25H32N8O6S/c26-13-19(33-40(37,38)15-16-7-2-1-3-8-16)23(36)30-14-21(34)31-18(10-6-12-29-25(27)28)22(35)24-32-17-9-4-5-11-20(17)39-24/h1-5,7-9,11,18-19,33H,6,10,12-15,26H2,(H,30,36)(H,31,34)(H4,27,28,29)/t18-,19+/m0/s1. The second kappa shape index (κ2) is 14.2. The van der Waals surface area contributed by atoms with Gasteiger partial charge in [0.05, 0.1) is 18.3 Å². The number of nitrogens with two attached hydrogens (primary N) is 3. The number of rotatable bonds is 15. The summed E-state index contributed by atoms with van der Waals surface area (Å²) in [7, 11) is -3.90. The molecule has 15 heteroatoms. The molecule has 0 saturated heterocycles. The SMILES string of the molecule is NC[C@@H](NS(=O)(=O)Cc1ccccc1)C(=O)NCC(=O)N[C@@H](CCCN=C(N)N)C(=O)c1nc2ccccc2o1. The van der Waals surface area contributed by atoms with Gasteiger partial charge in [0.25, 0.3) is 5.89 Å². The molecule has 0 unspecified atom stereocenters. The van der Waals surface area contributed by atoms with Gasteiger partial charge in [0, 0.05) is 13.1 Å². The summed E-state index contributed by atoms with van der Waals surface area (Å²) in [6.07, 6.45) is 0.498. The number of carbonyl (C=O) groups excluding carboxylic acids is 3. The van der Waals surface area contributed by atoms with Gasteiger partial charge >= 0.3 is 0 Å². The predicted octanol–water partition coefficient (Wildman–Crippen LogP) is -0.888. The van der Waals surface area contributed by atoms with Crippen LogP contribution < -0.4 is 32.6 Å². The highest BCUT2D eigenvalue weighted by atomic mass is 32.2. The lowest BCUT2D eigenvalue weighted by Gasteiger charge is -2.18. The molecule has 214 valence electrons. The number of Topliss-reactive ketones (excluding diaryl/α,β-unsaturated/α-hetero) is 1. The molecule has 2 atom stereocenters. The molecule has 2 aromatic carbocycles. The third-order valence-corrected chi connectivity index (χ3v) is 6.96. The molecule has 0 saturated carbocycles. The maximum atomic E-state index is 13.1. The van der Waals surface area contributed by atoms with E-state index in [0.29, 0.717) is 23.1 Å². The molecule has 0 bridgehead atoms. The number of aliphatic imine (C=N–C) groups is 1. The highest BCUT2D eigenvalue weighted by molar-refractivity contribution is 7.88. The molecule has 0 fully saturated rings. The Balaban J connectivity index is 1.61. The lowest BCUT2D eigenvalue weighted by molar-refractivity contribution is -0.127. The van der Waals surface area contributed by atoms with E-state index in [1.165, 1.54) is 0 Å². The summed E-state index contributed by atoms with van der Waals surface area (Å²) in [5, 5.41) is 4.90. The third kappa shape index (κ3) is 9.14. The summed E-state index contributed by atoms with van der Waals surface area (Å²) in [4.78, 5) is 46.5. The molecular weight excluding hydrogens is 540 g/mol. The Morgan fingerprint density at radius 1 is 1.00 bits per heavy atom. The van der Waals surface area contributed by atoms with Crippen molar-refractivity contribution in [3.8, 4) is 0 Å². The summed E-state index contributed by atoms with van der Waals surface area (Å²) < 4.78 is 32.8. The number of nitrogens with one attached hydrogen (secondary N) is 3. The monoisotopic (exact) mass is 572 g/mol. The van der Waals surface area contributed by atoms with Crippen LogP contribution >= 0.6 is 0 Å². The largest absolute Gasteiger partial charge is 0.434 e. The van der Waals surface area contributed by atoms with Crippen LogP contribution in [0.1, 0.15) is 29.1 Å². The van der Waals surface area contributed by atoms with Crippen molar-refractivity contribution in [1.82, 2.24) is 20.3 Å². The Kier molecular flexibility index (Phi) is 10.7. The van der Waals surface area contributed by atoms with Gasteiger partial charge in [-0.2, -0.15) is 0 Å². The zero-order valence-electron chi connectivity index (χ0n) is 21.6. The second-order valence-corrected chi connectivity index (χ2v) is 10.5. The predicted molar refractivity (Wildman–Crippen MR) is 148 cm³/mol. The van der Waals surface area contributed by atoms with Gasteiger partial charge in [-0.15, -0.1) is 0 Å². The number of oxazole rings is 1. The number of fused-ring (bicyclic) bond motifs is 1. The molecule has 0 aliphatic carbocycles. The smallest absolute Gasteiger partial charge is 0.266 e. The molecule has 0 aliphatic rings. The van der Waals surface area contributed by atoms with Crippen LogP contribution in [0.4, 0.5) is 0 Å². The number of nitrogens with zero attached hydrogens (tertiary/aromatic N) is 2. The molecule has 14 nitrogen and oxygen atoms in total. The minimum atomic E-state index is -3.90. The number of hydrogen-bond acceptors (Lipinski definition) is 9. The average Bonchev–Trinajstić information content (AvgIpc) is 3.36. The van der Waals surface area contributed by atoms with E-state index < -0.39 is 46.2 Å². The van der Waals surface area contributed by atoms with Crippen LogP contribution in [0.15, 0.2) is 64.0 Å². The number of carbonyl (C=O) groups is 3. The molecule has 0 radical (unpaired) electrons. The fourth-order valence-electron chi connectivity index (χ4n) is 3.70. The minimum Gasteiger partial charge on any atom is -0.434 e. The van der Waals surface area contributed by atoms with Gasteiger partial charge in [-0.25, -0.2) is 18.1 Å². The minimum absolute atomic E-state index is 0.109. The van der Waals surface area contributed by atoms with Crippen LogP contribution in [0, 0.1) is 0 Å². The van der Waals surface area contributed by atoms with Crippen molar-refractivity contribution in [3.63, 3.8) is 0 Å². The highest BCUT2D eigenvalue weighted by Crippen LogP contribution is 2.17. The molecule has 2 amide bonds. The van der Waals surface area contributed by atoms with E-state index in [9.17, 15) is 22.8 Å². The number of para-hydroxylation sites is 2. The first-order valence-electron chi connectivity index (χ1n) is 12.3. The number of amides is 2. The number of ketones is 1. The molecule has 3 rings (SSSR count). The summed E-state index contributed by atoms with van der Waals surface area (Å²) in [6.45, 7) is -0.667. The lowest BCUT2D eigenvalue weighted by atomic mass is 10.1. The van der Waals surface area contributed by atoms with Crippen molar-refractivity contribution in [2.24, 2.45) is 22.2 Å². The number of guanidine groups is 1. The van der Waals surface area contributed by atoms with Gasteiger partial charge in [-0.05, 0) is 30.5 Å². The van der Waals surface area contributed by atoms with E-state index in [1.807, 2.05) is 0 Å². The van der Waals surface area contributed by atoms with Crippen molar-refractivity contribution in [2.45, 2.75) is 30.7 Å². The van der Waals surface area contributed by atoms with Gasteiger partial charge in [0.2, 0.25) is 27.6 Å². The molecule has 3 aromatic rings. The average molecular weight is 573 g/mol. The Morgan fingerprint density at radius 2 is 1.70 bits per heavy atom. The van der Waals surface area contributed by atoms with Crippen molar-refractivity contribution in [3.05, 3.63) is 66.1 Å². The van der Waals surface area contributed by atoms with Gasteiger partial charge < -0.3 is 32.3 Å². The lowest BCUT2D eigenvalue weighted by Crippen LogP contribution is -2.53. The number of benzene rings is 2. The summed E-state index contributed by atoms with van der Waals surface area (Å²) >= 11 is 0. The van der Waals surface area contributed by atoms with Crippen molar-refractivity contribution >= 4 is 44.7 Å². The molecule has 0 aliphatic heterocycles. The first kappa shape index (κ1) is 30.2. The van der Waals surface area contributed by atoms with Gasteiger partial charge in [0.1, 0.15) is 11.6 Å². The Labute approximate surface area is 230 Å². The van der Waals surface area contributed by atoms with Crippen molar-refractivity contribution in [1.29, 1.82) is 0 Å². The number of hydrogen-bond donors (Lipinski definition) is 6. The van der Waals surface area contributed by atoms with E-state index in [2.05, 4.69) is 25.3 Å². The van der Waals surface area contributed by atoms with E-state index in [-0.39, 0.29) is 37.1 Å². The van der Waals surface area contributed by atoms with Crippen molar-refractivity contribution < 1.29 is 27.2 Å². The quantitative estimate of drug-likeness (QED) is 0.0568. The second-order valence-electron chi connectivity index (χ2n) is 8.79. The normalized spacial score (nSPS) is 12.8. The van der Waals surface area contributed by atoms with Gasteiger partial charge in [-0.3, -0.25) is 19.4 Å². The third-order valence-electron chi connectivity index (χ3n) is 5.60. The van der Waals surface area contributed by atoms with Crippen LogP contribution in [-0.4, -0.2) is 68.7 Å². The first-order valence-corrected chi connectivity index (χ1v) is 14.0. The first-order chi connectivity index (χ1) is 19.1. The summed E-state index contributed by atoms with van der Waals surface area (Å²) in [5.41, 5.74) is 17.7. The molecule has 1 aromatic heterocycles. The van der Waals surface area contributed by atoms with Crippen LogP contribution in [0.3, 0.4) is 0 Å². The zero-order valence-corrected chi connectivity index (χ0v) is 22.4. The molecule has 1 heterocycles. The van der Waals surface area contributed by atoms with Crippen LogP contribution in [0.2, 0.25) is 0 Å². The van der Waals surface area contributed by atoms with E-state index in [1.54, 1.807) is 54.6 Å². The Bertz CT molecular complexity index is 1420. The van der Waals surface area contributed by atoms with Crippen LogP contribution in [0.5, 0.6) is 0 Å². The fraction of sp³-hybridized carbons (Fsp3) is 0.320. The number of aromatic nitrogens is 1. The fourth-order valence-corrected chi connectivity index (χ4v) is 5.05. The summed E-state index contributed by atoms with van der Waals surface area (Å²) in [5.74, 6) is -2.72. The number of sulfonamides is 1. The Hall–Kier alpha value is -4.34. The Morgan fingerprint density at radius 3 is 2.38 bits per heavy atom. The van der Waals surface area contributed by atoms with E-state index in [4.69, 9.17) is 21.6 Å². The molecule has 9 N–H and O–H groups in total. The van der Waals surface area contributed by atoms with Crippen LogP contribution in [0.25, 0.3) is 11.1 Å². The molecular formula is C25H32N8O6S. The maximum Gasteiger partial charge on any atom is 0.266 e. The van der Waals surface area contributed by atoms with Crippen LogP contribution in [-0.2, 0) is 25.4 Å². The van der Waals surface area contributed by atoms with Gasteiger partial charge in [-0.1, -0.05) is 42.5 Å². The van der Waals surface area contributed by atoms with E-state index >= 15 is 0 Å². The summed E-state index contributed by atoms with van der Waals surface area (Å²) in [6, 6.07) is 12.9.